The monoisotopic (exact) mass is 474 g/mol. The Kier molecular flexibility index (Phi) is 5.92. The van der Waals surface area contributed by atoms with E-state index in [1.165, 1.54) is 24.4 Å². The summed E-state index contributed by atoms with van der Waals surface area (Å²) < 4.78 is 56.9. The molecule has 0 amide bonds. The van der Waals surface area contributed by atoms with Crippen molar-refractivity contribution in [2.45, 2.75) is 17.6 Å². The van der Waals surface area contributed by atoms with Crippen LogP contribution in [-0.2, 0) is 10.0 Å². The normalized spacial score (nSPS) is 11.5. The minimum atomic E-state index is -3.82. The first kappa shape index (κ1) is 21.9. The average Bonchev–Trinajstić information content (AvgIpc) is 3.39. The molecule has 11 heteroatoms. The number of halogens is 2. The summed E-state index contributed by atoms with van der Waals surface area (Å²) >= 11 is 0.913. The molecule has 164 valence electrons. The maximum atomic E-state index is 13.8. The Labute approximate surface area is 186 Å². The molecule has 4 aromatic rings. The molecule has 3 heterocycles. The topological polar surface area (TPSA) is 99.6 Å². The van der Waals surface area contributed by atoms with E-state index in [0.29, 0.717) is 34.1 Å². The first-order valence-corrected chi connectivity index (χ1v) is 11.7. The zero-order chi connectivity index (χ0) is 22.9. The fourth-order valence-corrected chi connectivity index (χ4v) is 4.54. The molecule has 0 fully saturated rings. The molecule has 4 rings (SSSR count). The van der Waals surface area contributed by atoms with Gasteiger partial charge in [0, 0.05) is 5.56 Å². The third-order valence-corrected chi connectivity index (χ3v) is 6.79. The van der Waals surface area contributed by atoms with Crippen molar-refractivity contribution in [2.24, 2.45) is 5.14 Å². The van der Waals surface area contributed by atoms with E-state index in [1.54, 1.807) is 24.3 Å². The summed E-state index contributed by atoms with van der Waals surface area (Å²) in [5, 5.41) is 9.13. The van der Waals surface area contributed by atoms with Gasteiger partial charge in [-0.3, -0.25) is 0 Å². The number of benzene rings is 1. The van der Waals surface area contributed by atoms with Crippen molar-refractivity contribution in [3.05, 3.63) is 64.8 Å². The highest BCUT2D eigenvalue weighted by atomic mass is 32.2. The highest BCUT2D eigenvalue weighted by Crippen LogP contribution is 2.28. The van der Waals surface area contributed by atoms with E-state index >= 15 is 0 Å². The van der Waals surface area contributed by atoms with Gasteiger partial charge in [0.2, 0.25) is 10.0 Å². The van der Waals surface area contributed by atoms with Gasteiger partial charge in [0.15, 0.2) is 5.65 Å². The molecule has 0 unspecified atom stereocenters. The highest BCUT2D eigenvalue weighted by molar-refractivity contribution is 7.91. The fraction of sp³-hybridized carbons (Fsp3) is 0.143. The third-order valence-electron chi connectivity index (χ3n) is 4.35. The maximum absolute atomic E-state index is 13.8. The van der Waals surface area contributed by atoms with Crippen LogP contribution in [0.4, 0.5) is 8.78 Å². The molecule has 0 atom stereocenters. The standard InChI is InChI=1S/C21H16F2N4O3S2/c1-2-30-15-5-3-4-13(10-15)17-11-18(20(22)23)27-21(26-17)14(12-25-27)6-7-16-8-9-19(31-16)32(24,28)29/h3-5,8-12,20H,2H2,1H3,(H2,24,28,29). The SMILES string of the molecule is CCOc1cccc(-c2cc(C(F)F)n3ncc(C#Cc4ccc(S(N)(=O)=O)s4)c3n2)c1. The smallest absolute Gasteiger partial charge is 0.280 e. The van der Waals surface area contributed by atoms with Crippen LogP contribution in [0, 0.1) is 11.8 Å². The number of aromatic nitrogens is 3. The summed E-state index contributed by atoms with van der Waals surface area (Å²) in [6.07, 6.45) is -1.44. The van der Waals surface area contributed by atoms with Crippen LogP contribution < -0.4 is 9.88 Å². The summed E-state index contributed by atoms with van der Waals surface area (Å²) in [6.45, 7) is 2.32. The average molecular weight is 475 g/mol. The van der Waals surface area contributed by atoms with Crippen molar-refractivity contribution in [1.29, 1.82) is 0 Å². The lowest BCUT2D eigenvalue weighted by molar-refractivity contribution is 0.143. The van der Waals surface area contributed by atoms with Crippen LogP contribution in [0.5, 0.6) is 5.75 Å². The van der Waals surface area contributed by atoms with Gasteiger partial charge >= 0.3 is 0 Å². The predicted molar refractivity (Wildman–Crippen MR) is 116 cm³/mol. The van der Waals surface area contributed by atoms with Gasteiger partial charge in [-0.15, -0.1) is 11.3 Å². The van der Waals surface area contributed by atoms with Crippen LogP contribution in [0.3, 0.4) is 0 Å². The molecule has 0 saturated heterocycles. The van der Waals surface area contributed by atoms with Gasteiger partial charge in [-0.1, -0.05) is 24.0 Å². The van der Waals surface area contributed by atoms with Crippen LogP contribution in [-0.4, -0.2) is 29.6 Å². The Bertz CT molecular complexity index is 1470. The van der Waals surface area contributed by atoms with Gasteiger partial charge in [0.25, 0.3) is 6.43 Å². The highest BCUT2D eigenvalue weighted by Gasteiger charge is 2.18. The van der Waals surface area contributed by atoms with Gasteiger partial charge in [0.1, 0.15) is 15.7 Å². The minimum absolute atomic E-state index is 0.0174. The molecular formula is C21H16F2N4O3S2. The second kappa shape index (κ2) is 8.66. The summed E-state index contributed by atoms with van der Waals surface area (Å²) in [7, 11) is -3.82. The van der Waals surface area contributed by atoms with Gasteiger partial charge in [-0.05, 0) is 37.3 Å². The molecule has 0 aliphatic heterocycles. The summed E-state index contributed by atoms with van der Waals surface area (Å²) in [5.41, 5.74) is 1.09. The largest absolute Gasteiger partial charge is 0.494 e. The van der Waals surface area contributed by atoms with Crippen LogP contribution in [0.2, 0.25) is 0 Å². The number of primary sulfonamides is 1. The lowest BCUT2D eigenvalue weighted by Crippen LogP contribution is -2.09. The van der Waals surface area contributed by atoms with Gasteiger partial charge < -0.3 is 4.74 Å². The number of fused-ring (bicyclic) bond motifs is 1. The summed E-state index contributed by atoms with van der Waals surface area (Å²) in [6, 6.07) is 11.2. The van der Waals surface area contributed by atoms with E-state index in [4.69, 9.17) is 9.88 Å². The minimum Gasteiger partial charge on any atom is -0.494 e. The number of ether oxygens (including phenoxy) is 1. The Morgan fingerprint density at radius 1 is 1.22 bits per heavy atom. The molecule has 3 aromatic heterocycles. The molecule has 0 aliphatic rings. The molecule has 2 N–H and O–H groups in total. The van der Waals surface area contributed by atoms with E-state index in [0.717, 1.165) is 15.9 Å². The van der Waals surface area contributed by atoms with Gasteiger partial charge in [-0.2, -0.15) is 5.10 Å². The van der Waals surface area contributed by atoms with Crippen molar-refractivity contribution < 1.29 is 21.9 Å². The van der Waals surface area contributed by atoms with Crippen LogP contribution >= 0.6 is 11.3 Å². The number of rotatable bonds is 5. The fourth-order valence-electron chi connectivity index (χ4n) is 2.96. The quantitative estimate of drug-likeness (QED) is 0.443. The number of sulfonamides is 1. The molecule has 0 saturated carbocycles. The van der Waals surface area contributed by atoms with E-state index in [1.807, 2.05) is 6.92 Å². The van der Waals surface area contributed by atoms with Crippen LogP contribution in [0.25, 0.3) is 16.9 Å². The maximum Gasteiger partial charge on any atom is 0.280 e. The molecule has 0 spiro atoms. The second-order valence-electron chi connectivity index (χ2n) is 6.54. The first-order valence-electron chi connectivity index (χ1n) is 9.31. The van der Waals surface area contributed by atoms with E-state index in [9.17, 15) is 17.2 Å². The predicted octanol–water partition coefficient (Wildman–Crippen LogP) is 3.84. The molecule has 1 aromatic carbocycles. The van der Waals surface area contributed by atoms with Crippen LogP contribution in [0.15, 0.2) is 52.9 Å². The lowest BCUT2D eigenvalue weighted by atomic mass is 10.1. The third kappa shape index (κ3) is 4.47. The van der Waals surface area contributed by atoms with E-state index < -0.39 is 16.4 Å². The molecule has 7 nitrogen and oxygen atoms in total. The zero-order valence-electron chi connectivity index (χ0n) is 16.6. The lowest BCUT2D eigenvalue weighted by Gasteiger charge is -2.09. The molecule has 0 radical (unpaired) electrons. The van der Waals surface area contributed by atoms with E-state index in [-0.39, 0.29) is 15.6 Å². The van der Waals surface area contributed by atoms with E-state index in [2.05, 4.69) is 21.9 Å². The molecule has 0 aliphatic carbocycles. The van der Waals surface area contributed by atoms with Crippen LogP contribution in [0.1, 0.15) is 29.5 Å². The Balaban J connectivity index is 1.81. The second-order valence-corrected chi connectivity index (χ2v) is 9.41. The first-order chi connectivity index (χ1) is 15.3. The van der Waals surface area contributed by atoms with Crippen molar-refractivity contribution in [3.8, 4) is 28.8 Å². The molecule has 32 heavy (non-hydrogen) atoms. The molecular weight excluding hydrogens is 458 g/mol. The van der Waals surface area contributed by atoms with Gasteiger partial charge in [0.05, 0.1) is 28.9 Å². The van der Waals surface area contributed by atoms with Crippen molar-refractivity contribution in [3.63, 3.8) is 0 Å². The Morgan fingerprint density at radius 3 is 2.72 bits per heavy atom. The Morgan fingerprint density at radius 2 is 2.03 bits per heavy atom. The number of nitrogens with zero attached hydrogens (tertiary/aromatic N) is 3. The Hall–Kier alpha value is -3.33. The summed E-state index contributed by atoms with van der Waals surface area (Å²) in [4.78, 5) is 4.95. The number of alkyl halides is 2. The zero-order valence-corrected chi connectivity index (χ0v) is 18.3. The number of hydrogen-bond donors (Lipinski definition) is 1. The number of hydrogen-bond acceptors (Lipinski definition) is 6. The van der Waals surface area contributed by atoms with Crippen molar-refractivity contribution in [2.75, 3.05) is 6.61 Å². The van der Waals surface area contributed by atoms with Crippen molar-refractivity contribution in [1.82, 2.24) is 14.6 Å². The summed E-state index contributed by atoms with van der Waals surface area (Å²) in [5.74, 6) is 6.25. The molecule has 0 bridgehead atoms. The van der Waals surface area contributed by atoms with Gasteiger partial charge in [-0.25, -0.2) is 31.8 Å². The number of thiophene rings is 1. The van der Waals surface area contributed by atoms with Crippen molar-refractivity contribution >= 4 is 27.0 Å². The number of nitrogens with two attached hydrogens (primary N) is 1.